The minimum atomic E-state index is -0.855. The van der Waals surface area contributed by atoms with E-state index in [4.69, 9.17) is 5.73 Å². The first-order chi connectivity index (χ1) is 14.9. The Morgan fingerprint density at radius 3 is 1.94 bits per heavy atom. The molecule has 1 N–H and O–H groups in total. The van der Waals surface area contributed by atoms with Crippen molar-refractivity contribution in [2.24, 2.45) is 16.2 Å². The summed E-state index contributed by atoms with van der Waals surface area (Å²) in [7, 11) is 1.92. The topological polar surface area (TPSA) is 84.7 Å². The Balaban J connectivity index is 0. The first-order valence-electron chi connectivity index (χ1n) is 12.0. The van der Waals surface area contributed by atoms with Gasteiger partial charge in [-0.05, 0) is 37.4 Å². The van der Waals surface area contributed by atoms with Crippen molar-refractivity contribution in [3.63, 3.8) is 0 Å². The van der Waals surface area contributed by atoms with Crippen LogP contribution < -0.4 is 0 Å². The number of carbonyl (C=O) groups excluding carboxylic acids is 3. The maximum Gasteiger partial charge on any atom is 3.00 e. The molecule has 1 aliphatic rings. The molecule has 0 aliphatic carbocycles. The molecule has 2 atom stereocenters. The second kappa shape index (κ2) is 14.0. The smallest absolute Gasteiger partial charge is 0.676 e. The normalized spacial score (nSPS) is 18.3. The fourth-order valence-electron chi connectivity index (χ4n) is 3.89. The van der Waals surface area contributed by atoms with Gasteiger partial charge in [-0.1, -0.05) is 55.4 Å². The van der Waals surface area contributed by atoms with Gasteiger partial charge in [0.25, 0.3) is 0 Å². The maximum atomic E-state index is 13.8. The van der Waals surface area contributed by atoms with Crippen LogP contribution in [0, 0.1) is 30.1 Å². The van der Waals surface area contributed by atoms with Gasteiger partial charge in [0.15, 0.2) is 0 Å². The minimum absolute atomic E-state index is 0. The van der Waals surface area contributed by atoms with Crippen molar-refractivity contribution in [2.75, 3.05) is 39.8 Å². The zero-order valence-corrected chi connectivity index (χ0v) is 25.0. The van der Waals surface area contributed by atoms with Gasteiger partial charge < -0.3 is 39.1 Å². The fraction of sp³-hybridized carbons (Fsp3) is 0.808. The number of hydrogen-bond acceptors (Lipinski definition) is 4. The van der Waals surface area contributed by atoms with Crippen molar-refractivity contribution in [3.05, 3.63) is 19.6 Å². The molecule has 2 unspecified atom stereocenters. The van der Waals surface area contributed by atoms with Crippen molar-refractivity contribution in [2.45, 2.75) is 80.8 Å². The monoisotopic (exact) mass is 567 g/mol. The summed E-state index contributed by atoms with van der Waals surface area (Å²) in [5.41, 5.74) is 6.42. The fourth-order valence-corrected chi connectivity index (χ4v) is 3.89. The number of piperazine rings is 1. The molecule has 0 aromatic carbocycles. The van der Waals surface area contributed by atoms with Crippen LogP contribution in [0.2, 0.25) is 0 Å². The Bertz CT molecular complexity index is 673. The number of Topliss-reactive ketones (excluding diaryl/α,β-unsaturated/α-hetero) is 1. The molecule has 0 bridgehead atoms. The van der Waals surface area contributed by atoms with Crippen LogP contribution in [0.1, 0.15) is 68.7 Å². The third-order valence-corrected chi connectivity index (χ3v) is 7.58. The van der Waals surface area contributed by atoms with E-state index in [0.717, 1.165) is 6.42 Å². The average molecular weight is 567 g/mol. The summed E-state index contributed by atoms with van der Waals surface area (Å²) in [6.07, 6.45) is 1.00. The number of ketones is 1. The molecule has 0 spiro atoms. The maximum absolute atomic E-state index is 13.8. The standard InChI is InChI=1S/C23H42N4O3.C3H7.Ru/c1-16(17(2)28)26(12-11-24)19(29)18-15-25(10)13-14-27(18)20(30)22(6,7)23(8,9)21(3,4)5;1-3-2;/h16,18,24H,1,11-15H2,2-10H3;1,3H2,2H3;/q-2;-1;+3. The molecule has 34 heavy (non-hydrogen) atoms. The van der Waals surface area contributed by atoms with Crippen LogP contribution in [0.4, 0.5) is 0 Å². The van der Waals surface area contributed by atoms with Crippen LogP contribution in [0.3, 0.4) is 0 Å². The first-order valence-corrected chi connectivity index (χ1v) is 12.0. The predicted molar refractivity (Wildman–Crippen MR) is 136 cm³/mol. The van der Waals surface area contributed by atoms with Crippen LogP contribution in [0.25, 0.3) is 5.73 Å². The first kappa shape index (κ1) is 35.3. The molecule has 7 nitrogen and oxygen atoms in total. The molecule has 8 heteroatoms. The summed E-state index contributed by atoms with van der Waals surface area (Å²) >= 11 is 0. The van der Waals surface area contributed by atoms with E-state index in [1.807, 2.05) is 32.7 Å². The van der Waals surface area contributed by atoms with E-state index < -0.39 is 17.5 Å². The van der Waals surface area contributed by atoms with Crippen LogP contribution in [0.5, 0.6) is 0 Å². The van der Waals surface area contributed by atoms with Gasteiger partial charge in [-0.15, -0.1) is 6.54 Å². The van der Waals surface area contributed by atoms with Crippen LogP contribution in [-0.4, -0.2) is 84.2 Å². The number of carbonyl (C=O) groups is 3. The van der Waals surface area contributed by atoms with Gasteiger partial charge in [-0.25, -0.2) is 0 Å². The molecule has 0 aromatic heterocycles. The summed E-state index contributed by atoms with van der Waals surface area (Å²) in [5, 5.41) is 0. The quantitative estimate of drug-likeness (QED) is 0.343. The Labute approximate surface area is 222 Å². The number of hydrogen-bond donors (Lipinski definition) is 0. The van der Waals surface area contributed by atoms with Crippen molar-refractivity contribution >= 4 is 17.6 Å². The molecule has 1 aliphatic heterocycles. The predicted octanol–water partition coefficient (Wildman–Crippen LogP) is 4.13. The number of amides is 2. The van der Waals surface area contributed by atoms with Gasteiger partial charge in [-0.3, -0.25) is 9.59 Å². The molecular formula is C26H49N4O3Ru. The van der Waals surface area contributed by atoms with E-state index >= 15 is 0 Å². The molecule has 1 fully saturated rings. The SMILES string of the molecule is [CH2-]C(C(C)=O)N(CC[NH-])C(=O)C1CN(C)CCN1C(=O)C(C)(C)C(C)(C)C(C)(C)C.[CH2-]CC.[Ru+3]. The Kier molecular flexibility index (Phi) is 14.6. The van der Waals surface area contributed by atoms with Gasteiger partial charge in [0.2, 0.25) is 11.8 Å². The van der Waals surface area contributed by atoms with E-state index in [1.165, 1.54) is 11.8 Å². The molecule has 199 valence electrons. The molecule has 1 rings (SSSR count). The molecule has 2 amide bonds. The zero-order chi connectivity index (χ0) is 26.4. The van der Waals surface area contributed by atoms with E-state index in [0.29, 0.717) is 19.6 Å². The number of likely N-dealkylation sites (N-methyl/N-ethyl adjacent to an activating group) is 1. The van der Waals surface area contributed by atoms with Crippen molar-refractivity contribution in [1.82, 2.24) is 14.7 Å². The largest absolute Gasteiger partial charge is 3.00 e. The van der Waals surface area contributed by atoms with Gasteiger partial charge in [0, 0.05) is 25.0 Å². The number of nitrogens with one attached hydrogen (secondary N) is 1. The van der Waals surface area contributed by atoms with E-state index in [9.17, 15) is 14.4 Å². The summed E-state index contributed by atoms with van der Waals surface area (Å²) in [4.78, 5) is 44.3. The third-order valence-electron chi connectivity index (χ3n) is 7.58. The van der Waals surface area contributed by atoms with Crippen molar-refractivity contribution in [3.8, 4) is 0 Å². The van der Waals surface area contributed by atoms with Gasteiger partial charge in [0.05, 0.1) is 0 Å². The summed E-state index contributed by atoms with van der Waals surface area (Å²) < 4.78 is 0. The minimum Gasteiger partial charge on any atom is -0.676 e. The van der Waals surface area contributed by atoms with E-state index in [-0.39, 0.29) is 61.0 Å². The third kappa shape index (κ3) is 8.10. The number of rotatable bonds is 7. The Hall–Kier alpha value is -0.847. The van der Waals surface area contributed by atoms with Crippen molar-refractivity contribution < 1.29 is 33.9 Å². The Morgan fingerprint density at radius 1 is 1.09 bits per heavy atom. The molecular weight excluding hydrogens is 517 g/mol. The second-order valence-electron chi connectivity index (χ2n) is 11.2. The summed E-state index contributed by atoms with van der Waals surface area (Å²) in [6, 6.07) is -1.55. The van der Waals surface area contributed by atoms with Crippen LogP contribution >= 0.6 is 0 Å². The zero-order valence-electron chi connectivity index (χ0n) is 23.2. The number of nitrogens with zero attached hydrogens (tertiary/aromatic N) is 3. The molecule has 0 aromatic rings. The van der Waals surface area contributed by atoms with Gasteiger partial charge >= 0.3 is 19.5 Å². The molecule has 1 saturated heterocycles. The van der Waals surface area contributed by atoms with Crippen LogP contribution in [0.15, 0.2) is 0 Å². The van der Waals surface area contributed by atoms with Crippen LogP contribution in [-0.2, 0) is 33.9 Å². The van der Waals surface area contributed by atoms with Crippen molar-refractivity contribution in [1.29, 1.82) is 0 Å². The summed E-state index contributed by atoms with van der Waals surface area (Å²) in [6.45, 7) is 26.9. The van der Waals surface area contributed by atoms with Gasteiger partial charge in [0.1, 0.15) is 11.8 Å². The molecule has 1 radical (unpaired) electrons. The average Bonchev–Trinajstić information content (AvgIpc) is 2.69. The van der Waals surface area contributed by atoms with Gasteiger partial charge in [-0.2, -0.15) is 6.42 Å². The van der Waals surface area contributed by atoms with E-state index in [2.05, 4.69) is 48.5 Å². The molecule has 0 saturated carbocycles. The van der Waals surface area contributed by atoms with E-state index in [1.54, 1.807) is 4.90 Å². The Morgan fingerprint density at radius 2 is 1.56 bits per heavy atom. The second-order valence-corrected chi connectivity index (χ2v) is 11.2. The molecule has 1 heterocycles. The summed E-state index contributed by atoms with van der Waals surface area (Å²) in [5.74, 6) is -0.585.